The van der Waals surface area contributed by atoms with Gasteiger partial charge in [0.1, 0.15) is 5.60 Å². The normalized spacial score (nSPS) is 29.3. The Kier molecular flexibility index (Phi) is 3.41. The SMILES string of the molecule is CC1CN(C(=O)C(C)(C)O)CC(C)N1C. The van der Waals surface area contributed by atoms with Crippen LogP contribution in [0.2, 0.25) is 0 Å². The van der Waals surface area contributed by atoms with Crippen molar-refractivity contribution in [3.8, 4) is 0 Å². The van der Waals surface area contributed by atoms with Gasteiger partial charge in [-0.2, -0.15) is 0 Å². The molecule has 1 heterocycles. The number of aliphatic hydroxyl groups is 1. The average Bonchev–Trinajstić information content (AvgIpc) is 2.10. The Hall–Kier alpha value is -0.610. The Balaban J connectivity index is 2.70. The van der Waals surface area contributed by atoms with E-state index >= 15 is 0 Å². The Morgan fingerprint density at radius 1 is 1.27 bits per heavy atom. The summed E-state index contributed by atoms with van der Waals surface area (Å²) in [5.41, 5.74) is -1.25. The van der Waals surface area contributed by atoms with E-state index in [0.717, 1.165) is 0 Å². The zero-order valence-corrected chi connectivity index (χ0v) is 10.3. The van der Waals surface area contributed by atoms with Gasteiger partial charge in [-0.3, -0.25) is 9.69 Å². The van der Waals surface area contributed by atoms with Crippen LogP contribution in [0, 0.1) is 0 Å². The fourth-order valence-corrected chi connectivity index (χ4v) is 1.96. The van der Waals surface area contributed by atoms with Crippen LogP contribution >= 0.6 is 0 Å². The van der Waals surface area contributed by atoms with Crippen molar-refractivity contribution in [1.82, 2.24) is 9.80 Å². The Morgan fingerprint density at radius 3 is 2.00 bits per heavy atom. The van der Waals surface area contributed by atoms with E-state index in [2.05, 4.69) is 25.8 Å². The largest absolute Gasteiger partial charge is 0.381 e. The average molecular weight is 214 g/mol. The van der Waals surface area contributed by atoms with Gasteiger partial charge in [0.15, 0.2) is 0 Å². The molecule has 1 N–H and O–H groups in total. The van der Waals surface area contributed by atoms with Crippen LogP contribution in [0.4, 0.5) is 0 Å². The van der Waals surface area contributed by atoms with Crippen LogP contribution in [0.25, 0.3) is 0 Å². The molecule has 1 amide bonds. The van der Waals surface area contributed by atoms with Crippen molar-refractivity contribution in [2.45, 2.75) is 45.4 Å². The lowest BCUT2D eigenvalue weighted by molar-refractivity contribution is -0.151. The molecule has 4 heteroatoms. The van der Waals surface area contributed by atoms with Gasteiger partial charge >= 0.3 is 0 Å². The Morgan fingerprint density at radius 2 is 1.67 bits per heavy atom. The summed E-state index contributed by atoms with van der Waals surface area (Å²) in [6.07, 6.45) is 0. The molecule has 0 bridgehead atoms. The third-order valence-electron chi connectivity index (χ3n) is 3.17. The molecule has 2 unspecified atom stereocenters. The highest BCUT2D eigenvalue weighted by Gasteiger charge is 2.35. The van der Waals surface area contributed by atoms with Crippen LogP contribution in [-0.4, -0.2) is 58.6 Å². The molecular weight excluding hydrogens is 192 g/mol. The first-order valence-corrected chi connectivity index (χ1v) is 5.47. The fourth-order valence-electron chi connectivity index (χ4n) is 1.96. The molecule has 4 nitrogen and oxygen atoms in total. The van der Waals surface area contributed by atoms with Crippen LogP contribution < -0.4 is 0 Å². The van der Waals surface area contributed by atoms with Crippen LogP contribution in [-0.2, 0) is 4.79 Å². The van der Waals surface area contributed by atoms with E-state index in [-0.39, 0.29) is 5.91 Å². The second kappa shape index (κ2) is 4.10. The molecule has 88 valence electrons. The number of hydrogen-bond donors (Lipinski definition) is 1. The summed E-state index contributed by atoms with van der Waals surface area (Å²) in [6, 6.07) is 0.695. The maximum atomic E-state index is 11.9. The molecule has 1 aliphatic rings. The lowest BCUT2D eigenvalue weighted by atomic mass is 10.0. The quantitative estimate of drug-likeness (QED) is 0.683. The Bertz CT molecular complexity index is 235. The predicted molar refractivity (Wildman–Crippen MR) is 59.6 cm³/mol. The minimum atomic E-state index is -1.25. The number of piperazine rings is 1. The van der Waals surface area contributed by atoms with Gasteiger partial charge < -0.3 is 10.0 Å². The molecule has 15 heavy (non-hydrogen) atoms. The highest BCUT2D eigenvalue weighted by atomic mass is 16.3. The maximum absolute atomic E-state index is 11.9. The summed E-state index contributed by atoms with van der Waals surface area (Å²) in [5, 5.41) is 9.67. The molecule has 0 radical (unpaired) electrons. The van der Waals surface area contributed by atoms with Gasteiger partial charge in [0.2, 0.25) is 0 Å². The fraction of sp³-hybridized carbons (Fsp3) is 0.909. The lowest BCUT2D eigenvalue weighted by Gasteiger charge is -2.43. The number of carbonyl (C=O) groups is 1. The molecule has 0 saturated carbocycles. The molecule has 2 atom stereocenters. The molecule has 1 rings (SSSR count). The predicted octanol–water partition coefficient (Wildman–Crippen LogP) is 0.308. The molecule has 1 aliphatic heterocycles. The van der Waals surface area contributed by atoms with Gasteiger partial charge in [-0.15, -0.1) is 0 Å². The number of hydrogen-bond acceptors (Lipinski definition) is 3. The number of rotatable bonds is 1. The van der Waals surface area contributed by atoms with E-state index in [4.69, 9.17) is 0 Å². The first kappa shape index (κ1) is 12.5. The summed E-state index contributed by atoms with van der Waals surface area (Å²) in [6.45, 7) is 8.68. The van der Waals surface area contributed by atoms with Crippen LogP contribution in [0.1, 0.15) is 27.7 Å². The van der Waals surface area contributed by atoms with E-state index < -0.39 is 5.60 Å². The number of carbonyl (C=O) groups excluding carboxylic acids is 1. The summed E-state index contributed by atoms with van der Waals surface area (Å²) in [4.78, 5) is 15.9. The van der Waals surface area contributed by atoms with Crippen LogP contribution in [0.3, 0.4) is 0 Å². The van der Waals surface area contributed by atoms with Crippen molar-refractivity contribution >= 4 is 5.91 Å². The van der Waals surface area contributed by atoms with Gasteiger partial charge in [-0.25, -0.2) is 0 Å². The molecule has 0 spiro atoms. The minimum Gasteiger partial charge on any atom is -0.381 e. The first-order chi connectivity index (χ1) is 6.73. The molecule has 1 saturated heterocycles. The van der Waals surface area contributed by atoms with Crippen LogP contribution in [0.5, 0.6) is 0 Å². The van der Waals surface area contributed by atoms with Crippen molar-refractivity contribution in [3.63, 3.8) is 0 Å². The van der Waals surface area contributed by atoms with Gasteiger partial charge in [-0.1, -0.05) is 0 Å². The molecular formula is C11H22N2O2. The van der Waals surface area contributed by atoms with E-state index in [1.54, 1.807) is 18.7 Å². The molecule has 0 aliphatic carbocycles. The number of likely N-dealkylation sites (N-methyl/N-ethyl adjacent to an activating group) is 1. The van der Waals surface area contributed by atoms with Gasteiger partial charge in [0.05, 0.1) is 0 Å². The topological polar surface area (TPSA) is 43.8 Å². The summed E-state index contributed by atoms with van der Waals surface area (Å²) in [5.74, 6) is -0.172. The van der Waals surface area contributed by atoms with E-state index in [9.17, 15) is 9.90 Å². The van der Waals surface area contributed by atoms with E-state index in [0.29, 0.717) is 25.2 Å². The maximum Gasteiger partial charge on any atom is 0.254 e. The highest BCUT2D eigenvalue weighted by Crippen LogP contribution is 2.17. The van der Waals surface area contributed by atoms with Crippen molar-refractivity contribution in [2.24, 2.45) is 0 Å². The van der Waals surface area contributed by atoms with Crippen molar-refractivity contribution < 1.29 is 9.90 Å². The monoisotopic (exact) mass is 214 g/mol. The van der Waals surface area contributed by atoms with E-state index in [1.807, 2.05) is 0 Å². The summed E-state index contributed by atoms with van der Waals surface area (Å²) in [7, 11) is 2.07. The Labute approximate surface area is 91.9 Å². The molecule has 0 aromatic heterocycles. The third-order valence-corrected chi connectivity index (χ3v) is 3.17. The van der Waals surface area contributed by atoms with Gasteiger partial charge in [-0.05, 0) is 34.7 Å². The summed E-state index contributed by atoms with van der Waals surface area (Å²) >= 11 is 0. The van der Waals surface area contributed by atoms with Crippen LogP contribution in [0.15, 0.2) is 0 Å². The zero-order valence-electron chi connectivity index (χ0n) is 10.3. The van der Waals surface area contributed by atoms with Gasteiger partial charge in [0, 0.05) is 25.2 Å². The molecule has 0 aromatic rings. The van der Waals surface area contributed by atoms with Crippen molar-refractivity contribution in [2.75, 3.05) is 20.1 Å². The second-order valence-corrected chi connectivity index (χ2v) is 5.13. The van der Waals surface area contributed by atoms with Crippen molar-refractivity contribution in [1.29, 1.82) is 0 Å². The third kappa shape index (κ3) is 2.69. The second-order valence-electron chi connectivity index (χ2n) is 5.13. The van der Waals surface area contributed by atoms with Crippen molar-refractivity contribution in [3.05, 3.63) is 0 Å². The minimum absolute atomic E-state index is 0.172. The lowest BCUT2D eigenvalue weighted by Crippen LogP contribution is -2.59. The van der Waals surface area contributed by atoms with E-state index in [1.165, 1.54) is 0 Å². The molecule has 1 fully saturated rings. The van der Waals surface area contributed by atoms with Gasteiger partial charge in [0.25, 0.3) is 5.91 Å². The molecule has 0 aromatic carbocycles. The standard InChI is InChI=1S/C11H22N2O2/c1-8-6-13(7-9(2)12(8)5)10(14)11(3,4)15/h8-9,15H,6-7H2,1-5H3. The number of nitrogens with zero attached hydrogens (tertiary/aromatic N) is 2. The smallest absolute Gasteiger partial charge is 0.254 e. The first-order valence-electron chi connectivity index (χ1n) is 5.47. The highest BCUT2D eigenvalue weighted by molar-refractivity contribution is 5.84. The zero-order chi connectivity index (χ0) is 11.8. The summed E-state index contributed by atoms with van der Waals surface area (Å²) < 4.78 is 0. The number of amides is 1.